The smallest absolute Gasteiger partial charge is 0.246 e. The third-order valence-corrected chi connectivity index (χ3v) is 6.70. The van der Waals surface area contributed by atoms with Crippen molar-refractivity contribution in [3.05, 3.63) is 24.3 Å². The predicted octanol–water partition coefficient (Wildman–Crippen LogP) is 2.19. The van der Waals surface area contributed by atoms with Gasteiger partial charge in [0.05, 0.1) is 6.04 Å². The Kier molecular flexibility index (Phi) is 4.67. The van der Waals surface area contributed by atoms with Crippen LogP contribution in [0, 0.1) is 5.92 Å². The SMILES string of the molecule is CC(C)CN1CC[C@@H]2Oc3ccccc3S(=O)(=O)N(C)[C@H]2CC1. The third-order valence-electron chi connectivity index (χ3n) is 4.78. The van der Waals surface area contributed by atoms with Crippen LogP contribution in [0.1, 0.15) is 26.7 Å². The Hall–Kier alpha value is -1.11. The molecule has 0 N–H and O–H groups in total. The van der Waals surface area contributed by atoms with Gasteiger partial charge in [-0.25, -0.2) is 8.42 Å². The molecule has 1 fully saturated rings. The van der Waals surface area contributed by atoms with Crippen molar-refractivity contribution >= 4 is 10.0 Å². The fourth-order valence-electron chi connectivity index (χ4n) is 3.62. The van der Waals surface area contributed by atoms with Gasteiger partial charge >= 0.3 is 0 Å². The maximum Gasteiger partial charge on any atom is 0.246 e. The van der Waals surface area contributed by atoms with E-state index in [1.165, 1.54) is 4.31 Å². The fourth-order valence-corrected chi connectivity index (χ4v) is 5.15. The second-order valence-electron chi connectivity index (χ2n) is 6.96. The predicted molar refractivity (Wildman–Crippen MR) is 90.1 cm³/mol. The Morgan fingerprint density at radius 3 is 2.65 bits per heavy atom. The highest BCUT2D eigenvalue weighted by atomic mass is 32.2. The highest BCUT2D eigenvalue weighted by molar-refractivity contribution is 7.89. The molecule has 1 aromatic carbocycles. The van der Waals surface area contributed by atoms with Crippen molar-refractivity contribution in [1.82, 2.24) is 9.21 Å². The van der Waals surface area contributed by atoms with Gasteiger partial charge in [0.15, 0.2) is 0 Å². The van der Waals surface area contributed by atoms with Crippen molar-refractivity contribution in [2.45, 2.75) is 43.7 Å². The lowest BCUT2D eigenvalue weighted by Crippen LogP contribution is -2.44. The van der Waals surface area contributed by atoms with Gasteiger partial charge in [-0.3, -0.25) is 0 Å². The maximum atomic E-state index is 12.9. The molecule has 2 atom stereocenters. The largest absolute Gasteiger partial charge is 0.487 e. The second kappa shape index (κ2) is 6.42. The molecule has 1 aromatic rings. The molecule has 23 heavy (non-hydrogen) atoms. The molecule has 3 rings (SSSR count). The zero-order valence-corrected chi connectivity index (χ0v) is 14.9. The molecular weight excluding hydrogens is 312 g/mol. The summed E-state index contributed by atoms with van der Waals surface area (Å²) in [6, 6.07) is 6.87. The molecule has 2 heterocycles. The molecule has 0 radical (unpaired) electrons. The average Bonchev–Trinajstić information content (AvgIpc) is 2.72. The van der Waals surface area contributed by atoms with Crippen LogP contribution in [0.15, 0.2) is 29.2 Å². The maximum absolute atomic E-state index is 12.9. The second-order valence-corrected chi connectivity index (χ2v) is 8.93. The Morgan fingerprint density at radius 2 is 1.91 bits per heavy atom. The molecule has 0 aliphatic carbocycles. The molecule has 0 saturated carbocycles. The molecule has 128 valence electrons. The van der Waals surface area contributed by atoms with Gasteiger partial charge in [-0.1, -0.05) is 26.0 Å². The van der Waals surface area contributed by atoms with E-state index in [0.29, 0.717) is 11.7 Å². The number of likely N-dealkylation sites (tertiary alicyclic amines) is 1. The minimum atomic E-state index is -3.49. The van der Waals surface area contributed by atoms with Gasteiger partial charge in [0.1, 0.15) is 16.7 Å². The lowest BCUT2D eigenvalue weighted by atomic mass is 10.1. The first kappa shape index (κ1) is 16.7. The van der Waals surface area contributed by atoms with E-state index in [9.17, 15) is 8.42 Å². The average molecular weight is 338 g/mol. The first-order valence-electron chi connectivity index (χ1n) is 8.35. The van der Waals surface area contributed by atoms with Crippen molar-refractivity contribution in [3.63, 3.8) is 0 Å². The number of likely N-dealkylation sites (N-methyl/N-ethyl adjacent to an activating group) is 1. The van der Waals surface area contributed by atoms with Gasteiger partial charge in [0.2, 0.25) is 10.0 Å². The van der Waals surface area contributed by atoms with E-state index in [1.807, 2.05) is 6.07 Å². The molecule has 0 aromatic heterocycles. The van der Waals surface area contributed by atoms with Crippen LogP contribution in [0.5, 0.6) is 5.75 Å². The fraction of sp³-hybridized carbons (Fsp3) is 0.647. The quantitative estimate of drug-likeness (QED) is 0.829. The van der Waals surface area contributed by atoms with E-state index in [1.54, 1.807) is 25.2 Å². The first-order chi connectivity index (χ1) is 10.9. The summed E-state index contributed by atoms with van der Waals surface area (Å²) in [5.41, 5.74) is 0. The zero-order chi connectivity index (χ0) is 16.6. The lowest BCUT2D eigenvalue weighted by molar-refractivity contribution is 0.122. The summed E-state index contributed by atoms with van der Waals surface area (Å²) in [6.45, 7) is 7.35. The molecule has 0 unspecified atom stereocenters. The number of rotatable bonds is 2. The number of nitrogens with zero attached hydrogens (tertiary/aromatic N) is 2. The third kappa shape index (κ3) is 3.25. The van der Waals surface area contributed by atoms with Crippen molar-refractivity contribution < 1.29 is 13.2 Å². The monoisotopic (exact) mass is 338 g/mol. The normalized spacial score (nSPS) is 28.3. The lowest BCUT2D eigenvalue weighted by Gasteiger charge is -2.28. The standard InChI is InChI=1S/C17H26N2O3S/c1-13(2)12-19-10-8-14-15(9-11-19)22-16-6-4-5-7-17(16)23(20,21)18(14)3/h4-7,13-15H,8-12H2,1-3H3/t14-,15-/m0/s1. The van der Waals surface area contributed by atoms with Gasteiger partial charge in [-0.15, -0.1) is 0 Å². The Balaban J connectivity index is 1.91. The van der Waals surface area contributed by atoms with E-state index in [2.05, 4.69) is 18.7 Å². The van der Waals surface area contributed by atoms with Crippen LogP contribution in [0.3, 0.4) is 0 Å². The Morgan fingerprint density at radius 1 is 1.22 bits per heavy atom. The molecule has 2 aliphatic heterocycles. The van der Waals surface area contributed by atoms with E-state index in [0.717, 1.165) is 32.5 Å². The minimum Gasteiger partial charge on any atom is -0.487 e. The zero-order valence-electron chi connectivity index (χ0n) is 14.1. The topological polar surface area (TPSA) is 49.9 Å². The highest BCUT2D eigenvalue weighted by Gasteiger charge is 2.41. The molecule has 1 saturated heterocycles. The van der Waals surface area contributed by atoms with Gasteiger partial charge in [-0.2, -0.15) is 4.31 Å². The Bertz CT molecular complexity index is 660. The number of sulfonamides is 1. The van der Waals surface area contributed by atoms with Crippen LogP contribution in [-0.2, 0) is 10.0 Å². The molecule has 0 amide bonds. The van der Waals surface area contributed by atoms with E-state index in [4.69, 9.17) is 4.74 Å². The van der Waals surface area contributed by atoms with Crippen molar-refractivity contribution in [3.8, 4) is 5.75 Å². The number of fused-ring (bicyclic) bond motifs is 2. The number of hydrogen-bond donors (Lipinski definition) is 0. The highest BCUT2D eigenvalue weighted by Crippen LogP contribution is 2.35. The van der Waals surface area contributed by atoms with Gasteiger partial charge in [0, 0.05) is 20.1 Å². The number of benzene rings is 1. The van der Waals surface area contributed by atoms with Crippen LogP contribution < -0.4 is 4.74 Å². The van der Waals surface area contributed by atoms with Crippen molar-refractivity contribution in [2.24, 2.45) is 5.92 Å². The number of para-hydroxylation sites is 1. The summed E-state index contributed by atoms with van der Waals surface area (Å²) in [5, 5.41) is 0. The summed E-state index contributed by atoms with van der Waals surface area (Å²) in [5.74, 6) is 1.10. The van der Waals surface area contributed by atoms with Crippen LogP contribution in [-0.4, -0.2) is 56.5 Å². The molecular formula is C17H26N2O3S. The van der Waals surface area contributed by atoms with Crippen LogP contribution in [0.2, 0.25) is 0 Å². The van der Waals surface area contributed by atoms with Crippen LogP contribution in [0.4, 0.5) is 0 Å². The minimum absolute atomic E-state index is 0.0874. The van der Waals surface area contributed by atoms with Gasteiger partial charge in [-0.05, 0) is 37.4 Å². The molecule has 5 nitrogen and oxygen atoms in total. The molecule has 0 bridgehead atoms. The summed E-state index contributed by atoms with van der Waals surface area (Å²) >= 11 is 0. The molecule has 0 spiro atoms. The van der Waals surface area contributed by atoms with Crippen LogP contribution in [0.25, 0.3) is 0 Å². The molecule has 2 aliphatic rings. The van der Waals surface area contributed by atoms with Crippen LogP contribution >= 0.6 is 0 Å². The van der Waals surface area contributed by atoms with E-state index in [-0.39, 0.29) is 17.0 Å². The number of ether oxygens (including phenoxy) is 1. The van der Waals surface area contributed by atoms with Crippen molar-refractivity contribution in [2.75, 3.05) is 26.7 Å². The molecule has 6 heteroatoms. The summed E-state index contributed by atoms with van der Waals surface area (Å²) in [7, 11) is -1.80. The van der Waals surface area contributed by atoms with Gasteiger partial charge < -0.3 is 9.64 Å². The van der Waals surface area contributed by atoms with Crippen molar-refractivity contribution in [1.29, 1.82) is 0 Å². The number of hydrogen-bond acceptors (Lipinski definition) is 4. The van der Waals surface area contributed by atoms with E-state index < -0.39 is 10.0 Å². The summed E-state index contributed by atoms with van der Waals surface area (Å²) < 4.78 is 33.4. The first-order valence-corrected chi connectivity index (χ1v) is 9.79. The van der Waals surface area contributed by atoms with E-state index >= 15 is 0 Å². The van der Waals surface area contributed by atoms with Gasteiger partial charge in [0.25, 0.3) is 0 Å². The summed E-state index contributed by atoms with van der Waals surface area (Å²) in [6.07, 6.45) is 1.57. The Labute approximate surface area is 139 Å². The summed E-state index contributed by atoms with van der Waals surface area (Å²) in [4.78, 5) is 2.71.